The summed E-state index contributed by atoms with van der Waals surface area (Å²) in [5.41, 5.74) is 0.490. The van der Waals surface area contributed by atoms with Gasteiger partial charge in [-0.2, -0.15) is 0 Å². The second-order valence-electron chi connectivity index (χ2n) is 4.67. The fourth-order valence-corrected chi connectivity index (χ4v) is 2.06. The Morgan fingerprint density at radius 2 is 1.78 bits per heavy atom. The second kappa shape index (κ2) is 5.73. The summed E-state index contributed by atoms with van der Waals surface area (Å²) in [5.74, 6) is -0.574. The van der Waals surface area contributed by atoms with E-state index in [0.717, 1.165) is 0 Å². The minimum Gasteiger partial charge on any atom is -0.388 e. The molecule has 0 saturated heterocycles. The van der Waals surface area contributed by atoms with Gasteiger partial charge in [-0.3, -0.25) is 14.9 Å². The van der Waals surface area contributed by atoms with Crippen molar-refractivity contribution in [3.63, 3.8) is 0 Å². The van der Waals surface area contributed by atoms with E-state index < -0.39 is 16.9 Å². The molecule has 2 unspecified atom stereocenters. The minimum atomic E-state index is -0.927. The Kier molecular flexibility index (Phi) is 4.55. The Labute approximate surface area is 106 Å². The third-order valence-electron chi connectivity index (χ3n) is 2.97. The molecule has 0 bridgehead atoms. The number of ketones is 1. The van der Waals surface area contributed by atoms with Gasteiger partial charge in [0.25, 0.3) is 5.69 Å². The van der Waals surface area contributed by atoms with Crippen LogP contribution < -0.4 is 0 Å². The molecule has 0 heterocycles. The summed E-state index contributed by atoms with van der Waals surface area (Å²) >= 11 is 0. The number of Topliss-reactive ketones (excluding diaryl/α,β-unsaturated/α-hetero) is 1. The van der Waals surface area contributed by atoms with Crippen LogP contribution in [0.25, 0.3) is 0 Å². The Balaban J connectivity index is 2.98. The normalized spacial score (nSPS) is 14.3. The van der Waals surface area contributed by atoms with Crippen molar-refractivity contribution in [2.75, 3.05) is 0 Å². The molecule has 0 radical (unpaired) electrons. The predicted molar refractivity (Wildman–Crippen MR) is 67.1 cm³/mol. The molecule has 0 aliphatic heterocycles. The first-order valence-corrected chi connectivity index (χ1v) is 5.77. The monoisotopic (exact) mass is 251 g/mol. The second-order valence-corrected chi connectivity index (χ2v) is 4.67. The molecule has 1 rings (SSSR count). The van der Waals surface area contributed by atoms with E-state index in [1.165, 1.54) is 31.2 Å². The van der Waals surface area contributed by atoms with Gasteiger partial charge in [0.1, 0.15) is 5.78 Å². The smallest absolute Gasteiger partial charge is 0.269 e. The zero-order chi connectivity index (χ0) is 13.9. The maximum Gasteiger partial charge on any atom is 0.269 e. The van der Waals surface area contributed by atoms with Gasteiger partial charge in [-0.05, 0) is 30.5 Å². The number of rotatable bonds is 5. The van der Waals surface area contributed by atoms with E-state index in [0.29, 0.717) is 5.56 Å². The lowest BCUT2D eigenvalue weighted by atomic mass is 9.84. The number of hydrogen-bond donors (Lipinski definition) is 1. The molecule has 0 aliphatic carbocycles. The highest BCUT2D eigenvalue weighted by Crippen LogP contribution is 2.29. The SMILES string of the molecule is CC(=O)C(C(C)C)C(O)c1ccc([N+](=O)[O-])cc1. The van der Waals surface area contributed by atoms with Crippen LogP contribution in [0.5, 0.6) is 0 Å². The van der Waals surface area contributed by atoms with Crippen molar-refractivity contribution in [1.82, 2.24) is 0 Å². The molecular weight excluding hydrogens is 234 g/mol. The number of hydrogen-bond acceptors (Lipinski definition) is 4. The molecule has 1 aromatic carbocycles. The number of aliphatic hydroxyl groups excluding tert-OH is 1. The summed E-state index contributed by atoms with van der Waals surface area (Å²) < 4.78 is 0. The van der Waals surface area contributed by atoms with Crippen molar-refractivity contribution in [3.8, 4) is 0 Å². The van der Waals surface area contributed by atoms with Crippen molar-refractivity contribution < 1.29 is 14.8 Å². The molecule has 1 N–H and O–H groups in total. The van der Waals surface area contributed by atoms with Crippen LogP contribution in [0.3, 0.4) is 0 Å². The van der Waals surface area contributed by atoms with Crippen LogP contribution in [0.2, 0.25) is 0 Å². The van der Waals surface area contributed by atoms with E-state index in [4.69, 9.17) is 0 Å². The van der Waals surface area contributed by atoms with Crippen LogP contribution in [0.4, 0.5) is 5.69 Å². The van der Waals surface area contributed by atoms with E-state index in [9.17, 15) is 20.0 Å². The molecule has 5 nitrogen and oxygen atoms in total. The average Bonchev–Trinajstić information content (AvgIpc) is 2.28. The number of benzene rings is 1. The number of non-ortho nitro benzene ring substituents is 1. The summed E-state index contributed by atoms with van der Waals surface area (Å²) in [6, 6.07) is 5.63. The molecule has 0 spiro atoms. The summed E-state index contributed by atoms with van der Waals surface area (Å²) in [6.45, 7) is 5.17. The summed E-state index contributed by atoms with van der Waals surface area (Å²) in [5, 5.41) is 20.7. The molecule has 0 amide bonds. The number of carbonyl (C=O) groups excluding carboxylic acids is 1. The van der Waals surface area contributed by atoms with Gasteiger partial charge in [0, 0.05) is 18.1 Å². The van der Waals surface area contributed by atoms with Crippen molar-refractivity contribution in [3.05, 3.63) is 39.9 Å². The maximum absolute atomic E-state index is 11.5. The summed E-state index contributed by atoms with van der Waals surface area (Å²) in [6.07, 6.45) is -0.927. The van der Waals surface area contributed by atoms with Crippen molar-refractivity contribution in [1.29, 1.82) is 0 Å². The number of nitro groups is 1. The zero-order valence-electron chi connectivity index (χ0n) is 10.7. The standard InChI is InChI=1S/C13H17NO4/c1-8(2)12(9(3)15)13(16)10-4-6-11(7-5-10)14(17)18/h4-8,12-13,16H,1-3H3. The fraction of sp³-hybridized carbons (Fsp3) is 0.462. The maximum atomic E-state index is 11.5. The average molecular weight is 251 g/mol. The first-order valence-electron chi connectivity index (χ1n) is 5.77. The lowest BCUT2D eigenvalue weighted by Crippen LogP contribution is -2.25. The predicted octanol–water partition coefficient (Wildman–Crippen LogP) is 2.49. The molecule has 5 heteroatoms. The van der Waals surface area contributed by atoms with E-state index >= 15 is 0 Å². The topological polar surface area (TPSA) is 80.4 Å². The Hall–Kier alpha value is -1.75. The van der Waals surface area contributed by atoms with E-state index in [1.807, 2.05) is 13.8 Å². The third kappa shape index (κ3) is 3.13. The van der Waals surface area contributed by atoms with Crippen LogP contribution in [-0.2, 0) is 4.79 Å². The first-order chi connectivity index (χ1) is 8.34. The molecule has 0 saturated carbocycles. The van der Waals surface area contributed by atoms with E-state index in [-0.39, 0.29) is 17.4 Å². The lowest BCUT2D eigenvalue weighted by Gasteiger charge is -2.24. The van der Waals surface area contributed by atoms with Gasteiger partial charge in [-0.1, -0.05) is 13.8 Å². The van der Waals surface area contributed by atoms with Gasteiger partial charge in [-0.25, -0.2) is 0 Å². The van der Waals surface area contributed by atoms with E-state index in [1.54, 1.807) is 0 Å². The van der Waals surface area contributed by atoms with E-state index in [2.05, 4.69) is 0 Å². The highest BCUT2D eigenvalue weighted by atomic mass is 16.6. The number of nitro benzene ring substituents is 1. The zero-order valence-corrected chi connectivity index (χ0v) is 10.7. The molecule has 18 heavy (non-hydrogen) atoms. The van der Waals surface area contributed by atoms with Crippen LogP contribution in [0.15, 0.2) is 24.3 Å². The Morgan fingerprint density at radius 3 is 2.11 bits per heavy atom. The number of nitrogens with zero attached hydrogens (tertiary/aromatic N) is 1. The number of carbonyl (C=O) groups is 1. The van der Waals surface area contributed by atoms with Gasteiger partial charge >= 0.3 is 0 Å². The molecule has 0 aliphatic rings. The molecular formula is C13H17NO4. The molecule has 0 fully saturated rings. The molecule has 98 valence electrons. The highest BCUT2D eigenvalue weighted by molar-refractivity contribution is 5.79. The third-order valence-corrected chi connectivity index (χ3v) is 2.97. The molecule has 1 aromatic rings. The lowest BCUT2D eigenvalue weighted by molar-refractivity contribution is -0.384. The van der Waals surface area contributed by atoms with Crippen LogP contribution in [-0.4, -0.2) is 15.8 Å². The largest absolute Gasteiger partial charge is 0.388 e. The van der Waals surface area contributed by atoms with Gasteiger partial charge in [-0.15, -0.1) is 0 Å². The highest BCUT2D eigenvalue weighted by Gasteiger charge is 2.28. The minimum absolute atomic E-state index is 0.00712. The van der Waals surface area contributed by atoms with Crippen molar-refractivity contribution >= 4 is 11.5 Å². The van der Waals surface area contributed by atoms with Crippen LogP contribution in [0.1, 0.15) is 32.4 Å². The summed E-state index contributed by atoms with van der Waals surface area (Å²) in [7, 11) is 0. The fourth-order valence-electron chi connectivity index (χ4n) is 2.06. The summed E-state index contributed by atoms with van der Waals surface area (Å²) in [4.78, 5) is 21.5. The van der Waals surface area contributed by atoms with Gasteiger partial charge in [0.15, 0.2) is 0 Å². The number of aliphatic hydroxyl groups is 1. The Morgan fingerprint density at radius 1 is 1.28 bits per heavy atom. The van der Waals surface area contributed by atoms with Gasteiger partial charge in [0.2, 0.25) is 0 Å². The molecule has 0 aromatic heterocycles. The van der Waals surface area contributed by atoms with Crippen molar-refractivity contribution in [2.45, 2.75) is 26.9 Å². The van der Waals surface area contributed by atoms with Gasteiger partial charge in [0.05, 0.1) is 11.0 Å². The van der Waals surface area contributed by atoms with Crippen molar-refractivity contribution in [2.24, 2.45) is 11.8 Å². The van der Waals surface area contributed by atoms with Gasteiger partial charge < -0.3 is 5.11 Å². The quantitative estimate of drug-likeness (QED) is 0.644. The Bertz CT molecular complexity index is 439. The first kappa shape index (κ1) is 14.3. The molecule has 2 atom stereocenters. The van der Waals surface area contributed by atoms with Crippen LogP contribution in [0, 0.1) is 22.0 Å². The van der Waals surface area contributed by atoms with Crippen LogP contribution >= 0.6 is 0 Å².